The summed E-state index contributed by atoms with van der Waals surface area (Å²) >= 11 is 0. The number of hydrogen-bond acceptors (Lipinski definition) is 4. The maximum absolute atomic E-state index is 11.0. The average molecular weight is 276 g/mol. The van der Waals surface area contributed by atoms with Gasteiger partial charge in [0.05, 0.1) is 12.0 Å². The summed E-state index contributed by atoms with van der Waals surface area (Å²) in [5.74, 6) is -1.55. The molecule has 5 N–H and O–H groups in total. The van der Waals surface area contributed by atoms with Gasteiger partial charge in [0.2, 0.25) is 0 Å². The van der Waals surface area contributed by atoms with Crippen LogP contribution in [0.15, 0.2) is 24.4 Å². The minimum absolute atomic E-state index is 0.0982. The van der Waals surface area contributed by atoms with E-state index in [0.717, 1.165) is 16.5 Å². The Kier molecular flexibility index (Phi) is 3.11. The topological polar surface area (TPSA) is 106 Å². The highest BCUT2D eigenvalue weighted by Crippen LogP contribution is 2.32. The molecule has 0 aliphatic carbocycles. The largest absolute Gasteiger partial charge is 0.508 e. The second-order valence-corrected chi connectivity index (χ2v) is 5.18. The summed E-state index contributed by atoms with van der Waals surface area (Å²) in [6.45, 7) is 0.242. The van der Waals surface area contributed by atoms with Gasteiger partial charge in [-0.3, -0.25) is 4.79 Å². The van der Waals surface area contributed by atoms with Crippen LogP contribution in [0, 0.1) is 5.92 Å². The number of rotatable bonds is 2. The lowest BCUT2D eigenvalue weighted by Gasteiger charge is -2.31. The molecule has 1 aliphatic rings. The lowest BCUT2D eigenvalue weighted by Crippen LogP contribution is -2.45. The number of carboxylic acids is 1. The van der Waals surface area contributed by atoms with Gasteiger partial charge in [0, 0.05) is 35.8 Å². The minimum atomic E-state index is -0.979. The number of carboxylic acid groups (broad SMARTS) is 1. The number of phenolic OH excluding ortho intramolecular Hbond substituents is 1. The van der Waals surface area contributed by atoms with E-state index >= 15 is 0 Å². The van der Waals surface area contributed by atoms with Gasteiger partial charge >= 0.3 is 5.97 Å². The van der Waals surface area contributed by atoms with Crippen molar-refractivity contribution in [3.8, 4) is 5.75 Å². The summed E-state index contributed by atoms with van der Waals surface area (Å²) in [5.41, 5.74) is 1.79. The van der Waals surface area contributed by atoms with E-state index in [1.54, 1.807) is 12.1 Å². The van der Waals surface area contributed by atoms with Crippen molar-refractivity contribution in [1.82, 2.24) is 10.3 Å². The van der Waals surface area contributed by atoms with E-state index < -0.39 is 18.0 Å². The Balaban J connectivity index is 1.88. The SMILES string of the molecule is O=C(O)C1CNC(c2c[nH]c3cc(O)ccc23)CC1O. The summed E-state index contributed by atoms with van der Waals surface area (Å²) in [7, 11) is 0. The third kappa shape index (κ3) is 2.13. The highest BCUT2D eigenvalue weighted by atomic mass is 16.4. The molecule has 2 heterocycles. The fraction of sp³-hybridized carbons (Fsp3) is 0.357. The van der Waals surface area contributed by atoms with Crippen LogP contribution in [-0.2, 0) is 4.79 Å². The Morgan fingerprint density at radius 3 is 2.85 bits per heavy atom. The number of aliphatic hydroxyl groups excluding tert-OH is 1. The van der Waals surface area contributed by atoms with E-state index in [2.05, 4.69) is 10.3 Å². The standard InChI is InChI=1S/C14H16N2O4/c17-7-1-2-8-9(5-15-11(8)3-7)12-4-13(18)10(6-16-12)14(19)20/h1-3,5,10,12-13,15-18H,4,6H2,(H,19,20). The second-order valence-electron chi connectivity index (χ2n) is 5.18. The molecule has 3 rings (SSSR count). The molecule has 1 aromatic carbocycles. The summed E-state index contributed by atoms with van der Waals surface area (Å²) in [5, 5.41) is 32.5. The third-order valence-corrected chi connectivity index (χ3v) is 3.92. The van der Waals surface area contributed by atoms with Crippen molar-refractivity contribution in [3.63, 3.8) is 0 Å². The number of hydrogen-bond donors (Lipinski definition) is 5. The van der Waals surface area contributed by atoms with E-state index in [-0.39, 0.29) is 18.3 Å². The fourth-order valence-corrected chi connectivity index (χ4v) is 2.81. The molecule has 3 atom stereocenters. The van der Waals surface area contributed by atoms with Crippen LogP contribution in [0.1, 0.15) is 18.0 Å². The number of fused-ring (bicyclic) bond motifs is 1. The number of phenols is 1. The highest BCUT2D eigenvalue weighted by molar-refractivity contribution is 5.85. The second kappa shape index (κ2) is 4.81. The van der Waals surface area contributed by atoms with Crippen LogP contribution in [0.2, 0.25) is 0 Å². The summed E-state index contributed by atoms with van der Waals surface area (Å²) in [4.78, 5) is 14.1. The zero-order valence-corrected chi connectivity index (χ0v) is 10.7. The number of H-pyrrole nitrogens is 1. The molecule has 106 valence electrons. The van der Waals surface area contributed by atoms with Gasteiger partial charge in [-0.25, -0.2) is 0 Å². The molecular formula is C14H16N2O4. The van der Waals surface area contributed by atoms with Crippen molar-refractivity contribution in [2.75, 3.05) is 6.54 Å². The Labute approximate surface area is 115 Å². The first-order valence-electron chi connectivity index (χ1n) is 6.50. The Morgan fingerprint density at radius 2 is 2.15 bits per heavy atom. The predicted molar refractivity (Wildman–Crippen MR) is 72.5 cm³/mol. The van der Waals surface area contributed by atoms with E-state index in [4.69, 9.17) is 5.11 Å². The molecule has 6 heteroatoms. The van der Waals surface area contributed by atoms with Crippen molar-refractivity contribution in [2.45, 2.75) is 18.6 Å². The van der Waals surface area contributed by atoms with Gasteiger partial charge in [0.15, 0.2) is 0 Å². The van der Waals surface area contributed by atoms with Gasteiger partial charge in [-0.1, -0.05) is 0 Å². The first-order chi connectivity index (χ1) is 9.56. The lowest BCUT2D eigenvalue weighted by atomic mass is 9.88. The molecule has 0 amide bonds. The molecular weight excluding hydrogens is 260 g/mol. The highest BCUT2D eigenvalue weighted by Gasteiger charge is 2.34. The fourth-order valence-electron chi connectivity index (χ4n) is 2.81. The number of aromatic nitrogens is 1. The van der Waals surface area contributed by atoms with Crippen molar-refractivity contribution in [3.05, 3.63) is 30.0 Å². The predicted octanol–water partition coefficient (Wildman–Crippen LogP) is 0.970. The molecule has 3 unspecified atom stereocenters. The van der Waals surface area contributed by atoms with Crippen LogP contribution >= 0.6 is 0 Å². The van der Waals surface area contributed by atoms with Gasteiger partial charge < -0.3 is 25.6 Å². The minimum Gasteiger partial charge on any atom is -0.508 e. The van der Waals surface area contributed by atoms with Gasteiger partial charge in [0.1, 0.15) is 5.75 Å². The van der Waals surface area contributed by atoms with Gasteiger partial charge in [-0.05, 0) is 24.1 Å². The number of aromatic amines is 1. The molecule has 1 aromatic heterocycles. The molecule has 20 heavy (non-hydrogen) atoms. The van der Waals surface area contributed by atoms with Gasteiger partial charge in [-0.2, -0.15) is 0 Å². The number of aromatic hydroxyl groups is 1. The maximum Gasteiger partial charge on any atom is 0.310 e. The van der Waals surface area contributed by atoms with Crippen LogP contribution < -0.4 is 5.32 Å². The quantitative estimate of drug-likeness (QED) is 0.562. The zero-order valence-electron chi connectivity index (χ0n) is 10.7. The molecule has 1 fully saturated rings. The first kappa shape index (κ1) is 13.0. The van der Waals surface area contributed by atoms with Crippen molar-refractivity contribution >= 4 is 16.9 Å². The van der Waals surface area contributed by atoms with Crippen LogP contribution in [0.5, 0.6) is 5.75 Å². The van der Waals surface area contributed by atoms with Crippen molar-refractivity contribution in [1.29, 1.82) is 0 Å². The Hall–Kier alpha value is -2.05. The van der Waals surface area contributed by atoms with Crippen LogP contribution in [-0.4, -0.2) is 38.9 Å². The van der Waals surface area contributed by atoms with Gasteiger partial charge in [-0.15, -0.1) is 0 Å². The molecule has 1 aliphatic heterocycles. The molecule has 6 nitrogen and oxygen atoms in total. The number of aliphatic hydroxyl groups is 1. The van der Waals surface area contributed by atoms with Crippen LogP contribution in [0.4, 0.5) is 0 Å². The average Bonchev–Trinajstić information content (AvgIpc) is 2.80. The van der Waals surface area contributed by atoms with Gasteiger partial charge in [0.25, 0.3) is 0 Å². The number of piperidine rings is 1. The Bertz CT molecular complexity index is 652. The van der Waals surface area contributed by atoms with E-state index in [1.165, 1.54) is 0 Å². The zero-order chi connectivity index (χ0) is 14.3. The lowest BCUT2D eigenvalue weighted by molar-refractivity contribution is -0.147. The molecule has 0 bridgehead atoms. The van der Waals surface area contributed by atoms with Crippen molar-refractivity contribution in [2.24, 2.45) is 5.92 Å². The van der Waals surface area contributed by atoms with Crippen LogP contribution in [0.3, 0.4) is 0 Å². The smallest absolute Gasteiger partial charge is 0.310 e. The molecule has 1 saturated heterocycles. The van der Waals surface area contributed by atoms with E-state index in [1.807, 2.05) is 12.3 Å². The Morgan fingerprint density at radius 1 is 1.35 bits per heavy atom. The number of carbonyl (C=O) groups is 1. The number of benzene rings is 1. The van der Waals surface area contributed by atoms with E-state index in [0.29, 0.717) is 6.42 Å². The number of aliphatic carboxylic acids is 1. The molecule has 2 aromatic rings. The normalized spacial score (nSPS) is 26.8. The third-order valence-electron chi connectivity index (χ3n) is 3.92. The molecule has 0 spiro atoms. The monoisotopic (exact) mass is 276 g/mol. The van der Waals surface area contributed by atoms with E-state index in [9.17, 15) is 15.0 Å². The maximum atomic E-state index is 11.0. The van der Waals surface area contributed by atoms with Crippen molar-refractivity contribution < 1.29 is 20.1 Å². The van der Waals surface area contributed by atoms with Crippen LogP contribution in [0.25, 0.3) is 10.9 Å². The first-order valence-corrected chi connectivity index (χ1v) is 6.50. The summed E-state index contributed by atoms with van der Waals surface area (Å²) in [6.07, 6.45) is 1.32. The molecule has 0 saturated carbocycles. The number of nitrogens with one attached hydrogen (secondary N) is 2. The summed E-state index contributed by atoms with van der Waals surface area (Å²) in [6, 6.07) is 4.96. The summed E-state index contributed by atoms with van der Waals surface area (Å²) < 4.78 is 0. The molecule has 0 radical (unpaired) electrons.